The van der Waals surface area contributed by atoms with Crippen LogP contribution in [0.3, 0.4) is 0 Å². The van der Waals surface area contributed by atoms with E-state index in [0.29, 0.717) is 24.0 Å². The van der Waals surface area contributed by atoms with Gasteiger partial charge in [0.05, 0.1) is 80.2 Å². The molecule has 17 rings (SSSR count). The highest BCUT2D eigenvalue weighted by molar-refractivity contribution is 5.87. The van der Waals surface area contributed by atoms with Gasteiger partial charge >= 0.3 is 0 Å². The van der Waals surface area contributed by atoms with Gasteiger partial charge in [-0.3, -0.25) is 19.9 Å². The first-order valence-corrected chi connectivity index (χ1v) is 35.3. The summed E-state index contributed by atoms with van der Waals surface area (Å²) in [6, 6.07) is 19.5. The number of fused-ring (bicyclic) bond motifs is 4. The smallest absolute Gasteiger partial charge is 0.247 e. The SMILES string of the molecule is CN1Cc2cnc(NC3CCC(Oc4cc(N5CCOCC5)cc5nccnc45)CC3)nc2C1.Cc1nccc(NC2CCC(Oc3cc(N4CCOCC4)cc4nccnc34)CC2)n1.c1cc(-c2nnco2)cc(NC2CCC(Oc3cc(N4CCOCC4)cc4nccnc34)CC2)n1. The summed E-state index contributed by atoms with van der Waals surface area (Å²) in [5.74, 6) is 6.20. The third kappa shape index (κ3) is 16.6. The van der Waals surface area contributed by atoms with Crippen molar-refractivity contribution in [3.8, 4) is 28.7 Å². The minimum Gasteiger partial charge on any atom is -0.488 e. The molecular formula is C73H86N20O7. The minimum atomic E-state index is 0.135. The number of pyridine rings is 1. The zero-order valence-corrected chi connectivity index (χ0v) is 56.8. The van der Waals surface area contributed by atoms with Crippen LogP contribution < -0.4 is 44.9 Å². The van der Waals surface area contributed by atoms with E-state index in [-0.39, 0.29) is 18.3 Å². The molecule has 3 aromatic carbocycles. The van der Waals surface area contributed by atoms with E-state index in [0.717, 1.165) is 271 Å². The average molecular weight is 1360 g/mol. The van der Waals surface area contributed by atoms with Crippen molar-refractivity contribution in [3.05, 3.63) is 134 Å². The van der Waals surface area contributed by atoms with E-state index in [1.807, 2.05) is 31.3 Å². The number of hydrogen-bond acceptors (Lipinski definition) is 27. The number of aryl methyl sites for hydroxylation is 1. The lowest BCUT2D eigenvalue weighted by Crippen LogP contribution is -2.36. The highest BCUT2D eigenvalue weighted by atomic mass is 16.5. The molecule has 4 aliphatic heterocycles. The van der Waals surface area contributed by atoms with E-state index in [2.05, 4.69) is 139 Å². The van der Waals surface area contributed by atoms with Gasteiger partial charge in [0.15, 0.2) is 0 Å². The lowest BCUT2D eigenvalue weighted by Gasteiger charge is -2.31. The molecule has 0 radical (unpaired) electrons. The number of nitrogens with one attached hydrogen (secondary N) is 3. The lowest BCUT2D eigenvalue weighted by molar-refractivity contribution is 0.122. The summed E-state index contributed by atoms with van der Waals surface area (Å²) in [4.78, 5) is 58.9. The predicted octanol–water partition coefficient (Wildman–Crippen LogP) is 10.1. The molecule has 6 fully saturated rings. The molecule has 0 unspecified atom stereocenters. The van der Waals surface area contributed by atoms with Crippen LogP contribution in [-0.4, -0.2) is 192 Å². The number of benzene rings is 3. The average Bonchev–Trinajstić information content (AvgIpc) is 1.04. The molecule has 100 heavy (non-hydrogen) atoms. The summed E-state index contributed by atoms with van der Waals surface area (Å²) in [6.45, 7) is 13.4. The molecule has 3 N–H and O–H groups in total. The minimum absolute atomic E-state index is 0.135. The van der Waals surface area contributed by atoms with Gasteiger partial charge < -0.3 is 63.5 Å². The van der Waals surface area contributed by atoms with Crippen molar-refractivity contribution in [2.75, 3.05) is 117 Å². The van der Waals surface area contributed by atoms with E-state index < -0.39 is 0 Å². The Balaban J connectivity index is 0.000000122. The Bertz CT molecular complexity index is 4330. The number of ether oxygens (including phenoxy) is 6. The first-order valence-electron chi connectivity index (χ1n) is 35.3. The van der Waals surface area contributed by atoms with Crippen LogP contribution in [0.1, 0.15) is 94.1 Å². The molecule has 3 saturated heterocycles. The topological polar surface area (TPSA) is 285 Å². The molecule has 27 heteroatoms. The zero-order chi connectivity index (χ0) is 67.4. The van der Waals surface area contributed by atoms with Crippen molar-refractivity contribution in [1.29, 1.82) is 0 Å². The van der Waals surface area contributed by atoms with Gasteiger partial charge in [0.1, 0.15) is 51.3 Å². The van der Waals surface area contributed by atoms with Crippen LogP contribution in [0.2, 0.25) is 0 Å². The summed E-state index contributed by atoms with van der Waals surface area (Å²) < 4.78 is 41.4. The quantitative estimate of drug-likeness (QED) is 0.0810. The molecule has 3 saturated carbocycles. The molecule has 7 aromatic heterocycles. The predicted molar refractivity (Wildman–Crippen MR) is 380 cm³/mol. The van der Waals surface area contributed by atoms with Crippen molar-refractivity contribution in [1.82, 2.24) is 69.9 Å². The Hall–Kier alpha value is -9.83. The van der Waals surface area contributed by atoms with E-state index in [1.165, 1.54) is 12.0 Å². The van der Waals surface area contributed by atoms with Crippen molar-refractivity contribution < 1.29 is 32.8 Å². The maximum atomic E-state index is 6.55. The Morgan fingerprint density at radius 1 is 0.440 bits per heavy atom. The third-order valence-corrected chi connectivity index (χ3v) is 19.6. The molecular weight excluding hydrogens is 1270 g/mol. The molecule has 0 spiro atoms. The normalized spacial score (nSPS) is 21.8. The standard InChI is InChI=1S/C25H27N7O3.C25H31N7O2.C23H28N6O2/c1-3-20(4-2-18(1)30-23-13-17(5-6-27-23)25-31-29-16-34-25)35-22-15-19(32-9-11-33-12-10-32)14-21-24(22)28-8-7-26-21;1-31-15-17-14-28-25(30-22(17)16-31)29-18-2-4-20(5-3-18)34-23-13-19(32-8-10-33-11-9-32)12-21-24(23)27-7-6-26-21;1-16-24-7-6-22(27-16)28-17-2-4-19(5-3-17)31-21-15-18(29-10-12-30-13-11-29)14-20-23(21)26-9-8-25-20/h5-8,13-16,18,20H,1-4,9-12H2,(H,27,30);6-7,12-14,18,20H,2-5,8-11,15-16H2,1H3,(H,28,29,30);6-9,14-15,17,19H,2-5,10-13H2,1H3,(H,24,27,28). The number of aromatic nitrogens is 13. The molecule has 520 valence electrons. The summed E-state index contributed by atoms with van der Waals surface area (Å²) in [5, 5.41) is 18.4. The fourth-order valence-electron chi connectivity index (χ4n) is 14.3. The molecule has 0 bridgehead atoms. The van der Waals surface area contributed by atoms with Crippen LogP contribution in [0, 0.1) is 6.92 Å². The van der Waals surface area contributed by atoms with E-state index in [4.69, 9.17) is 37.8 Å². The molecule has 7 aliphatic rings. The molecule has 0 atom stereocenters. The Kier molecular flexibility index (Phi) is 20.9. The largest absolute Gasteiger partial charge is 0.488 e. The van der Waals surface area contributed by atoms with Gasteiger partial charge in [-0.2, -0.15) is 0 Å². The Morgan fingerprint density at radius 3 is 1.35 bits per heavy atom. The van der Waals surface area contributed by atoms with Crippen molar-refractivity contribution in [2.24, 2.45) is 0 Å². The molecule has 27 nitrogen and oxygen atoms in total. The van der Waals surface area contributed by atoms with Gasteiger partial charge in [-0.15, -0.1) is 10.2 Å². The maximum Gasteiger partial charge on any atom is 0.247 e. The first kappa shape index (κ1) is 66.1. The number of anilines is 6. The Morgan fingerprint density at radius 2 is 0.890 bits per heavy atom. The molecule has 10 aromatic rings. The Labute approximate surface area is 580 Å². The monoisotopic (exact) mass is 1350 g/mol. The zero-order valence-electron chi connectivity index (χ0n) is 56.8. The number of hydrogen-bond donors (Lipinski definition) is 3. The summed E-state index contributed by atoms with van der Waals surface area (Å²) in [6.07, 6.45) is 29.7. The maximum absolute atomic E-state index is 6.55. The molecule has 0 amide bonds. The van der Waals surface area contributed by atoms with E-state index in [1.54, 1.807) is 49.6 Å². The van der Waals surface area contributed by atoms with Gasteiger partial charge in [-0.1, -0.05) is 0 Å². The van der Waals surface area contributed by atoms with Crippen LogP contribution in [-0.2, 0) is 27.3 Å². The van der Waals surface area contributed by atoms with Gasteiger partial charge in [-0.25, -0.2) is 39.9 Å². The molecule has 11 heterocycles. The van der Waals surface area contributed by atoms with Crippen molar-refractivity contribution >= 4 is 67.7 Å². The molecule has 3 aliphatic carbocycles. The second-order valence-corrected chi connectivity index (χ2v) is 26.6. The summed E-state index contributed by atoms with van der Waals surface area (Å²) >= 11 is 0. The van der Waals surface area contributed by atoms with E-state index in [9.17, 15) is 0 Å². The van der Waals surface area contributed by atoms with Crippen molar-refractivity contribution in [2.45, 2.75) is 134 Å². The van der Waals surface area contributed by atoms with Crippen LogP contribution in [0.4, 0.5) is 34.6 Å². The highest BCUT2D eigenvalue weighted by Crippen LogP contribution is 2.38. The summed E-state index contributed by atoms with van der Waals surface area (Å²) in [5.41, 5.74) is 11.7. The second kappa shape index (κ2) is 31.6. The third-order valence-electron chi connectivity index (χ3n) is 19.6. The summed E-state index contributed by atoms with van der Waals surface area (Å²) in [7, 11) is 2.11. The second-order valence-electron chi connectivity index (χ2n) is 26.6. The first-order chi connectivity index (χ1) is 49.3. The van der Waals surface area contributed by atoms with Crippen LogP contribution in [0.15, 0.2) is 121 Å². The fourth-order valence-corrected chi connectivity index (χ4v) is 14.3. The van der Waals surface area contributed by atoms with E-state index >= 15 is 0 Å². The van der Waals surface area contributed by atoms with Gasteiger partial charge in [-0.05, 0) is 127 Å². The van der Waals surface area contributed by atoms with Crippen LogP contribution >= 0.6 is 0 Å². The number of rotatable bonds is 16. The van der Waals surface area contributed by atoms with Gasteiger partial charge in [0.2, 0.25) is 18.2 Å². The number of nitrogens with zero attached hydrogens (tertiary/aromatic N) is 17. The van der Waals surface area contributed by atoms with Crippen molar-refractivity contribution in [3.63, 3.8) is 0 Å². The van der Waals surface area contributed by atoms with Gasteiger partial charge in [0.25, 0.3) is 0 Å². The lowest BCUT2D eigenvalue weighted by atomic mass is 9.93. The highest BCUT2D eigenvalue weighted by Gasteiger charge is 2.30. The number of morpholine rings is 3. The van der Waals surface area contributed by atoms with Crippen LogP contribution in [0.25, 0.3) is 44.6 Å². The van der Waals surface area contributed by atoms with Crippen LogP contribution in [0.5, 0.6) is 17.2 Å². The fraction of sp³-hybridized carbons (Fsp3) is 0.466. The van der Waals surface area contributed by atoms with Gasteiger partial charge in [0, 0.05) is 173 Å².